The van der Waals surface area contributed by atoms with E-state index < -0.39 is 0 Å². The number of aromatic nitrogens is 3. The summed E-state index contributed by atoms with van der Waals surface area (Å²) in [5.74, 6) is 0.362. The Hall–Kier alpha value is -2.17. The second-order valence-electron chi connectivity index (χ2n) is 4.23. The van der Waals surface area contributed by atoms with Crippen molar-refractivity contribution in [2.24, 2.45) is 0 Å². The van der Waals surface area contributed by atoms with Crippen LogP contribution in [0.25, 0.3) is 5.82 Å². The zero-order chi connectivity index (χ0) is 13.7. The molecule has 0 amide bonds. The van der Waals surface area contributed by atoms with Gasteiger partial charge in [0.2, 0.25) is 0 Å². The molecule has 0 spiro atoms. The molecule has 0 aliphatic carbocycles. The van der Waals surface area contributed by atoms with E-state index in [4.69, 9.17) is 4.74 Å². The molecule has 0 unspecified atom stereocenters. The molecule has 0 aliphatic heterocycles. The van der Waals surface area contributed by atoms with Crippen LogP contribution in [0.4, 0.5) is 0 Å². The molecule has 2 heterocycles. The molecule has 100 valence electrons. The first-order valence-electron chi connectivity index (χ1n) is 6.37. The lowest BCUT2D eigenvalue weighted by molar-refractivity contribution is 0.0499. The van der Waals surface area contributed by atoms with Gasteiger partial charge < -0.3 is 4.74 Å². The highest BCUT2D eigenvalue weighted by Crippen LogP contribution is 2.13. The Balaban J connectivity index is 2.17. The predicted octanol–water partition coefficient (Wildman–Crippen LogP) is 2.53. The summed E-state index contributed by atoms with van der Waals surface area (Å²) in [7, 11) is 0. The molecule has 5 heteroatoms. The van der Waals surface area contributed by atoms with Gasteiger partial charge in [0.05, 0.1) is 18.5 Å². The molecule has 0 bridgehead atoms. The third kappa shape index (κ3) is 2.99. The Morgan fingerprint density at radius 1 is 1.42 bits per heavy atom. The van der Waals surface area contributed by atoms with Gasteiger partial charge in [-0.3, -0.25) is 0 Å². The quantitative estimate of drug-likeness (QED) is 0.611. The number of carbonyl (C=O) groups is 1. The van der Waals surface area contributed by atoms with Crippen LogP contribution in [0.5, 0.6) is 0 Å². The van der Waals surface area contributed by atoms with Crippen LogP contribution < -0.4 is 0 Å². The summed E-state index contributed by atoms with van der Waals surface area (Å²) in [6, 6.07) is 5.55. The summed E-state index contributed by atoms with van der Waals surface area (Å²) in [4.78, 5) is 16.1. The summed E-state index contributed by atoms with van der Waals surface area (Å²) in [5, 5.41) is 4.19. The van der Waals surface area contributed by atoms with Crippen LogP contribution in [0.2, 0.25) is 0 Å². The van der Waals surface area contributed by atoms with E-state index in [1.54, 1.807) is 10.9 Å². The van der Waals surface area contributed by atoms with Crippen molar-refractivity contribution in [1.82, 2.24) is 14.8 Å². The Bertz CT molecular complexity index is 549. The third-order valence-corrected chi connectivity index (χ3v) is 2.83. The van der Waals surface area contributed by atoms with Crippen molar-refractivity contribution in [3.8, 4) is 5.82 Å². The number of esters is 1. The minimum absolute atomic E-state index is 0.326. The van der Waals surface area contributed by atoms with Crippen molar-refractivity contribution in [3.05, 3.63) is 41.9 Å². The molecule has 0 saturated carbocycles. The van der Waals surface area contributed by atoms with E-state index in [9.17, 15) is 4.79 Å². The van der Waals surface area contributed by atoms with Crippen LogP contribution in [0.3, 0.4) is 0 Å². The van der Waals surface area contributed by atoms with E-state index in [1.807, 2.05) is 25.1 Å². The molecular weight excluding hydrogens is 242 g/mol. The Morgan fingerprint density at radius 3 is 2.95 bits per heavy atom. The summed E-state index contributed by atoms with van der Waals surface area (Å²) >= 11 is 0. The second kappa shape index (κ2) is 6.13. The van der Waals surface area contributed by atoms with Crippen LogP contribution >= 0.6 is 0 Å². The van der Waals surface area contributed by atoms with Crippen LogP contribution in [0.1, 0.15) is 35.8 Å². The topological polar surface area (TPSA) is 57.0 Å². The molecule has 0 N–H and O–H groups in total. The van der Waals surface area contributed by atoms with Gasteiger partial charge in [-0.05, 0) is 25.5 Å². The lowest BCUT2D eigenvalue weighted by Crippen LogP contribution is -2.08. The maximum Gasteiger partial charge on any atom is 0.341 e. The molecule has 2 aromatic heterocycles. The number of carbonyl (C=O) groups excluding carboxylic acids is 1. The average molecular weight is 259 g/mol. The molecule has 0 radical (unpaired) electrons. The van der Waals surface area contributed by atoms with Gasteiger partial charge in [-0.15, -0.1) is 0 Å². The summed E-state index contributed by atoms with van der Waals surface area (Å²) in [5.41, 5.74) is 1.22. The molecule has 0 aliphatic rings. The minimum atomic E-state index is -0.326. The molecule has 2 rings (SSSR count). The zero-order valence-electron chi connectivity index (χ0n) is 11.2. The second-order valence-corrected chi connectivity index (χ2v) is 4.23. The fourth-order valence-corrected chi connectivity index (χ4v) is 1.71. The summed E-state index contributed by atoms with van der Waals surface area (Å²) in [6.45, 7) is 4.33. The highest BCUT2D eigenvalue weighted by molar-refractivity contribution is 5.90. The normalized spacial score (nSPS) is 10.4. The minimum Gasteiger partial charge on any atom is -0.462 e. The number of unbranched alkanes of at least 4 members (excludes halogenated alkanes) is 1. The SMILES string of the molecule is CCCCOC(=O)c1cnn(-c2ccccn2)c1C. The van der Waals surface area contributed by atoms with Crippen LogP contribution in [0.15, 0.2) is 30.6 Å². The predicted molar refractivity (Wildman–Crippen MR) is 71.3 cm³/mol. The van der Waals surface area contributed by atoms with Gasteiger partial charge >= 0.3 is 5.97 Å². The van der Waals surface area contributed by atoms with Gasteiger partial charge in [0.1, 0.15) is 5.56 Å². The monoisotopic (exact) mass is 259 g/mol. The zero-order valence-corrected chi connectivity index (χ0v) is 11.2. The van der Waals surface area contributed by atoms with Crippen LogP contribution in [0, 0.1) is 6.92 Å². The summed E-state index contributed by atoms with van der Waals surface area (Å²) in [6.07, 6.45) is 5.09. The van der Waals surface area contributed by atoms with E-state index in [-0.39, 0.29) is 5.97 Å². The first kappa shape index (κ1) is 13.3. The Kier molecular flexibility index (Phi) is 4.28. The molecular formula is C14H17N3O2. The third-order valence-electron chi connectivity index (χ3n) is 2.83. The van der Waals surface area contributed by atoms with Crippen LogP contribution in [-0.4, -0.2) is 27.3 Å². The maximum atomic E-state index is 11.9. The number of ether oxygens (including phenoxy) is 1. The van der Waals surface area contributed by atoms with E-state index in [0.29, 0.717) is 18.0 Å². The molecule has 0 saturated heterocycles. The fraction of sp³-hybridized carbons (Fsp3) is 0.357. The Labute approximate surface area is 112 Å². The average Bonchev–Trinajstić information content (AvgIpc) is 2.82. The largest absolute Gasteiger partial charge is 0.462 e. The molecule has 5 nitrogen and oxygen atoms in total. The highest BCUT2D eigenvalue weighted by atomic mass is 16.5. The first-order valence-corrected chi connectivity index (χ1v) is 6.37. The van der Waals surface area contributed by atoms with Crippen molar-refractivity contribution in [2.45, 2.75) is 26.7 Å². The molecule has 2 aromatic rings. The van der Waals surface area contributed by atoms with Crippen LogP contribution in [-0.2, 0) is 4.74 Å². The van der Waals surface area contributed by atoms with Crippen molar-refractivity contribution >= 4 is 5.97 Å². The van der Waals surface area contributed by atoms with Gasteiger partial charge in [-0.1, -0.05) is 19.4 Å². The smallest absolute Gasteiger partial charge is 0.341 e. The van der Waals surface area contributed by atoms with Gasteiger partial charge in [-0.25, -0.2) is 14.5 Å². The van der Waals surface area contributed by atoms with Gasteiger partial charge in [0.25, 0.3) is 0 Å². The number of rotatable bonds is 5. The molecule has 0 aromatic carbocycles. The van der Waals surface area contributed by atoms with Crippen molar-refractivity contribution < 1.29 is 9.53 Å². The van der Waals surface area contributed by atoms with Crippen molar-refractivity contribution in [2.75, 3.05) is 6.61 Å². The van der Waals surface area contributed by atoms with Gasteiger partial charge in [0, 0.05) is 6.20 Å². The number of pyridine rings is 1. The standard InChI is InChI=1S/C14H17N3O2/c1-3-4-9-19-14(18)12-10-16-17(11(12)2)13-7-5-6-8-15-13/h5-8,10H,3-4,9H2,1-2H3. The number of nitrogens with zero attached hydrogens (tertiary/aromatic N) is 3. The van der Waals surface area contributed by atoms with E-state index in [0.717, 1.165) is 18.5 Å². The molecule has 19 heavy (non-hydrogen) atoms. The molecule has 0 fully saturated rings. The fourth-order valence-electron chi connectivity index (χ4n) is 1.71. The van der Waals surface area contributed by atoms with Gasteiger partial charge in [0.15, 0.2) is 5.82 Å². The highest BCUT2D eigenvalue weighted by Gasteiger charge is 2.16. The van der Waals surface area contributed by atoms with E-state index >= 15 is 0 Å². The number of hydrogen-bond acceptors (Lipinski definition) is 4. The van der Waals surface area contributed by atoms with Gasteiger partial charge in [-0.2, -0.15) is 5.10 Å². The van der Waals surface area contributed by atoms with Crippen molar-refractivity contribution in [3.63, 3.8) is 0 Å². The summed E-state index contributed by atoms with van der Waals surface area (Å²) < 4.78 is 6.82. The first-order chi connectivity index (χ1) is 9.24. The lowest BCUT2D eigenvalue weighted by Gasteiger charge is -2.05. The maximum absolute atomic E-state index is 11.9. The lowest BCUT2D eigenvalue weighted by atomic mass is 10.2. The Morgan fingerprint density at radius 2 is 2.26 bits per heavy atom. The number of hydrogen-bond donors (Lipinski definition) is 0. The van der Waals surface area contributed by atoms with E-state index in [1.165, 1.54) is 6.20 Å². The molecule has 0 atom stereocenters. The van der Waals surface area contributed by atoms with E-state index in [2.05, 4.69) is 17.0 Å². The van der Waals surface area contributed by atoms with Crippen molar-refractivity contribution in [1.29, 1.82) is 0 Å².